The Hall–Kier alpha value is -2.35. The van der Waals surface area contributed by atoms with E-state index in [1.165, 1.54) is 24.3 Å². The van der Waals surface area contributed by atoms with Crippen LogP contribution in [0, 0.1) is 4.91 Å². The molecule has 0 fully saturated rings. The molecule has 1 aromatic rings. The van der Waals surface area contributed by atoms with Crippen molar-refractivity contribution in [2.75, 3.05) is 18.2 Å². The third-order valence-electron chi connectivity index (χ3n) is 2.03. The number of carbonyl (C=O) groups is 2. The van der Waals surface area contributed by atoms with Gasteiger partial charge in [-0.05, 0) is 24.3 Å². The summed E-state index contributed by atoms with van der Waals surface area (Å²) in [4.78, 5) is 33.3. The highest BCUT2D eigenvalue weighted by atomic mass is 35.5. The summed E-state index contributed by atoms with van der Waals surface area (Å²) in [7, 11) is 0. The van der Waals surface area contributed by atoms with Gasteiger partial charge in [0, 0.05) is 17.1 Å². The van der Waals surface area contributed by atoms with E-state index in [0.717, 1.165) is 0 Å². The third-order valence-corrected chi connectivity index (χ3v) is 2.19. The smallest absolute Gasteiger partial charge is 0.341 e. The normalized spacial score (nSPS) is 9.53. The van der Waals surface area contributed by atoms with Crippen molar-refractivity contribution < 1.29 is 9.59 Å². The zero-order valence-corrected chi connectivity index (χ0v) is 10.6. The molecule has 0 aromatic heterocycles. The second kappa shape index (κ2) is 7.17. The number of imide groups is 1. The fraction of sp³-hybridized carbons (Fsp3) is 0.200. The molecule has 0 saturated heterocycles. The number of hydrazine groups is 1. The highest BCUT2D eigenvalue weighted by molar-refractivity contribution is 6.18. The molecule has 19 heavy (non-hydrogen) atoms. The van der Waals surface area contributed by atoms with E-state index in [1.54, 1.807) is 0 Å². The van der Waals surface area contributed by atoms with Gasteiger partial charge in [-0.1, -0.05) is 0 Å². The number of nitrogen functional groups attached to an aromatic ring is 1. The van der Waals surface area contributed by atoms with Crippen LogP contribution in [0.1, 0.15) is 10.4 Å². The molecule has 0 spiro atoms. The summed E-state index contributed by atoms with van der Waals surface area (Å²) < 4.78 is 0. The van der Waals surface area contributed by atoms with Gasteiger partial charge in [-0.3, -0.25) is 10.1 Å². The lowest BCUT2D eigenvalue weighted by molar-refractivity contribution is 0.0954. The molecule has 0 aliphatic carbocycles. The van der Waals surface area contributed by atoms with Crippen LogP contribution >= 0.6 is 11.6 Å². The number of hydrogen-bond acceptors (Lipinski definition) is 5. The van der Waals surface area contributed by atoms with Gasteiger partial charge in [-0.15, -0.1) is 16.5 Å². The predicted molar refractivity (Wildman–Crippen MR) is 70.1 cm³/mol. The number of nitroso groups, excluding NO2 is 1. The van der Waals surface area contributed by atoms with E-state index in [4.69, 9.17) is 17.3 Å². The van der Waals surface area contributed by atoms with E-state index in [1.807, 2.05) is 5.32 Å². The Morgan fingerprint density at radius 3 is 2.47 bits per heavy atom. The number of nitrogens with zero attached hydrogens (tertiary/aromatic N) is 2. The first kappa shape index (κ1) is 14.7. The average Bonchev–Trinajstić information content (AvgIpc) is 2.38. The Bertz CT molecular complexity index is 465. The van der Waals surface area contributed by atoms with E-state index in [2.05, 4.69) is 10.7 Å². The summed E-state index contributed by atoms with van der Waals surface area (Å²) >= 11 is 5.38. The summed E-state index contributed by atoms with van der Waals surface area (Å²) in [6, 6.07) is 5.10. The Kier molecular flexibility index (Phi) is 5.55. The number of anilines is 1. The fourth-order valence-electron chi connectivity index (χ4n) is 1.15. The van der Waals surface area contributed by atoms with Gasteiger partial charge in [0.25, 0.3) is 5.91 Å². The number of amides is 3. The van der Waals surface area contributed by atoms with Crippen LogP contribution in [0.5, 0.6) is 0 Å². The topological polar surface area (TPSA) is 117 Å². The Labute approximate surface area is 113 Å². The van der Waals surface area contributed by atoms with Gasteiger partial charge in [-0.2, -0.15) is 5.12 Å². The molecule has 3 amide bonds. The molecule has 0 saturated carbocycles. The zero-order valence-electron chi connectivity index (χ0n) is 9.80. The van der Waals surface area contributed by atoms with Gasteiger partial charge >= 0.3 is 6.03 Å². The maximum absolute atomic E-state index is 11.6. The standard InChI is InChI=1S/C10H12ClN5O3/c11-5-6-16(15-19)14-10(18)13-9(17)7-1-3-8(12)4-2-7/h1-4H,5-6,12H2,(H2,13,14,17,18). The first-order valence-corrected chi connectivity index (χ1v) is 5.74. The van der Waals surface area contributed by atoms with Crippen LogP contribution < -0.4 is 16.5 Å². The van der Waals surface area contributed by atoms with Crippen molar-refractivity contribution in [3.63, 3.8) is 0 Å². The van der Waals surface area contributed by atoms with Crippen LogP contribution in [-0.2, 0) is 0 Å². The van der Waals surface area contributed by atoms with Crippen LogP contribution in [0.15, 0.2) is 29.6 Å². The quantitative estimate of drug-likeness (QED) is 0.321. The Balaban J connectivity index is 2.54. The molecule has 4 N–H and O–H groups in total. The van der Waals surface area contributed by atoms with E-state index < -0.39 is 11.9 Å². The molecule has 0 unspecified atom stereocenters. The minimum Gasteiger partial charge on any atom is -0.399 e. The zero-order chi connectivity index (χ0) is 14.3. The second-order valence-electron chi connectivity index (χ2n) is 3.41. The molecule has 0 atom stereocenters. The van der Waals surface area contributed by atoms with Crippen molar-refractivity contribution in [2.45, 2.75) is 0 Å². The van der Waals surface area contributed by atoms with E-state index in [9.17, 15) is 14.5 Å². The molecular weight excluding hydrogens is 274 g/mol. The van der Waals surface area contributed by atoms with E-state index in [-0.39, 0.29) is 18.0 Å². The monoisotopic (exact) mass is 285 g/mol. The van der Waals surface area contributed by atoms with Gasteiger partial charge < -0.3 is 5.73 Å². The number of halogens is 1. The lowest BCUT2D eigenvalue weighted by atomic mass is 10.2. The molecule has 102 valence electrons. The van der Waals surface area contributed by atoms with E-state index in [0.29, 0.717) is 10.8 Å². The summed E-state index contributed by atoms with van der Waals surface area (Å²) in [5.74, 6) is -0.535. The molecule has 0 bridgehead atoms. The van der Waals surface area contributed by atoms with Gasteiger partial charge in [0.1, 0.15) is 0 Å². The summed E-state index contributed by atoms with van der Waals surface area (Å²) in [5.41, 5.74) is 8.28. The maximum Gasteiger partial charge on any atom is 0.341 e. The minimum atomic E-state index is -0.883. The minimum absolute atomic E-state index is 0.0224. The number of alkyl halides is 1. The van der Waals surface area contributed by atoms with Crippen LogP contribution in [0.4, 0.5) is 10.5 Å². The number of carbonyl (C=O) groups excluding carboxylic acids is 2. The number of urea groups is 1. The molecule has 1 aromatic carbocycles. The van der Waals surface area contributed by atoms with E-state index >= 15 is 0 Å². The molecule has 0 aliphatic rings. The highest BCUT2D eigenvalue weighted by Crippen LogP contribution is 2.04. The van der Waals surface area contributed by atoms with Gasteiger partial charge in [0.05, 0.1) is 11.8 Å². The van der Waals surface area contributed by atoms with Crippen molar-refractivity contribution in [1.82, 2.24) is 15.9 Å². The van der Waals surface area contributed by atoms with Crippen molar-refractivity contribution in [3.8, 4) is 0 Å². The number of rotatable bonds is 5. The largest absolute Gasteiger partial charge is 0.399 e. The molecule has 9 heteroatoms. The summed E-state index contributed by atoms with van der Waals surface area (Å²) in [5, 5.41) is 5.21. The van der Waals surface area contributed by atoms with Crippen LogP contribution in [0.3, 0.4) is 0 Å². The molecule has 1 rings (SSSR count). The molecule has 0 aliphatic heterocycles. The maximum atomic E-state index is 11.6. The van der Waals surface area contributed by atoms with Gasteiger partial charge in [0.15, 0.2) is 0 Å². The number of hydrogen-bond donors (Lipinski definition) is 3. The highest BCUT2D eigenvalue weighted by Gasteiger charge is 2.12. The molecule has 8 nitrogen and oxygen atoms in total. The van der Waals surface area contributed by atoms with Crippen molar-refractivity contribution in [1.29, 1.82) is 0 Å². The second-order valence-corrected chi connectivity index (χ2v) is 3.79. The SMILES string of the molecule is Nc1ccc(C(=O)NC(=O)NN(CCCl)N=O)cc1. The Morgan fingerprint density at radius 1 is 1.32 bits per heavy atom. The summed E-state index contributed by atoms with van der Waals surface area (Å²) in [6.45, 7) is 0.0224. The van der Waals surface area contributed by atoms with Crippen molar-refractivity contribution in [2.24, 2.45) is 5.29 Å². The van der Waals surface area contributed by atoms with Gasteiger partial charge in [-0.25, -0.2) is 10.2 Å². The fourth-order valence-corrected chi connectivity index (χ4v) is 1.31. The van der Waals surface area contributed by atoms with Crippen molar-refractivity contribution >= 4 is 29.2 Å². The van der Waals surface area contributed by atoms with Crippen LogP contribution in [-0.4, -0.2) is 29.5 Å². The Morgan fingerprint density at radius 2 is 1.95 bits per heavy atom. The third kappa shape index (κ3) is 4.80. The van der Waals surface area contributed by atoms with Gasteiger partial charge in [0.2, 0.25) is 0 Å². The number of nitrogens with one attached hydrogen (secondary N) is 2. The molecule has 0 radical (unpaired) electrons. The van der Waals surface area contributed by atoms with Crippen molar-refractivity contribution in [3.05, 3.63) is 34.7 Å². The number of benzene rings is 1. The first-order chi connectivity index (χ1) is 9.06. The molecular formula is C10H12ClN5O3. The number of nitrogens with two attached hydrogens (primary N) is 1. The lowest BCUT2D eigenvalue weighted by Crippen LogP contribution is -2.47. The summed E-state index contributed by atoms with van der Waals surface area (Å²) in [6.07, 6.45) is 0. The predicted octanol–water partition coefficient (Wildman–Crippen LogP) is 0.845. The van der Waals surface area contributed by atoms with Crippen LogP contribution in [0.25, 0.3) is 0 Å². The molecule has 0 heterocycles. The lowest BCUT2D eigenvalue weighted by Gasteiger charge is -2.14. The average molecular weight is 286 g/mol. The van der Waals surface area contributed by atoms with Crippen LogP contribution in [0.2, 0.25) is 0 Å². The first-order valence-electron chi connectivity index (χ1n) is 5.21.